The summed E-state index contributed by atoms with van der Waals surface area (Å²) in [6, 6.07) is 11.8. The highest BCUT2D eigenvalue weighted by molar-refractivity contribution is 6.08. The van der Waals surface area contributed by atoms with Gasteiger partial charge in [-0.25, -0.2) is 5.10 Å². The number of ketones is 1. The fourth-order valence-corrected chi connectivity index (χ4v) is 4.70. The van der Waals surface area contributed by atoms with Crippen LogP contribution in [-0.4, -0.2) is 72.1 Å². The van der Waals surface area contributed by atoms with Gasteiger partial charge in [-0.15, -0.1) is 0 Å². The maximum atomic E-state index is 13.9. The van der Waals surface area contributed by atoms with Crippen molar-refractivity contribution in [2.45, 2.75) is 19.4 Å². The van der Waals surface area contributed by atoms with Gasteiger partial charge in [0, 0.05) is 17.8 Å². The number of benzene rings is 2. The molecule has 36 heavy (non-hydrogen) atoms. The van der Waals surface area contributed by atoms with Crippen molar-refractivity contribution < 1.29 is 19.0 Å². The molecule has 2 aromatic carbocycles. The van der Waals surface area contributed by atoms with E-state index in [-0.39, 0.29) is 11.7 Å². The zero-order chi connectivity index (χ0) is 25.2. The largest absolute Gasteiger partial charge is 0.497 e. The van der Waals surface area contributed by atoms with E-state index in [1.54, 1.807) is 20.4 Å². The van der Waals surface area contributed by atoms with Crippen LogP contribution in [0.5, 0.6) is 17.4 Å². The SMILES string of the molecule is COc1ccc2c(c1)CC(C(=O)c1nn(CCN(C)C)c3cc(-c4cn[nH]c4OC)ccc13)CCO2. The van der Waals surface area contributed by atoms with Crippen molar-refractivity contribution in [3.8, 4) is 28.5 Å². The van der Waals surface area contributed by atoms with Crippen LogP contribution in [0.3, 0.4) is 0 Å². The molecule has 1 aliphatic rings. The Kier molecular flexibility index (Phi) is 6.65. The number of fused-ring (bicyclic) bond motifs is 2. The van der Waals surface area contributed by atoms with E-state index in [9.17, 15) is 4.79 Å². The Morgan fingerprint density at radius 3 is 2.83 bits per heavy atom. The average Bonchev–Trinajstić information content (AvgIpc) is 3.45. The van der Waals surface area contributed by atoms with Crippen molar-refractivity contribution in [2.75, 3.05) is 41.5 Å². The molecule has 0 aliphatic carbocycles. The molecule has 0 fully saturated rings. The number of carbonyl (C=O) groups is 1. The van der Waals surface area contributed by atoms with Crippen LogP contribution >= 0.6 is 0 Å². The standard InChI is InChI=1S/C27H31N5O4/c1-31(2)10-11-32-23-15-17(22-16-28-29-27(22)35-4)5-7-21(23)25(30-32)26(33)18-9-12-36-24-8-6-20(34-3)14-19(24)13-18/h5-8,14-16,18H,9-13H2,1-4H3,(H,28,29). The highest BCUT2D eigenvalue weighted by Crippen LogP contribution is 2.34. The van der Waals surface area contributed by atoms with Gasteiger partial charge in [-0.2, -0.15) is 10.2 Å². The van der Waals surface area contributed by atoms with Crippen LogP contribution in [0.25, 0.3) is 22.0 Å². The Bertz CT molecular complexity index is 1390. The molecule has 0 bridgehead atoms. The topological polar surface area (TPSA) is 94.5 Å². The number of nitrogens with one attached hydrogen (secondary N) is 1. The van der Waals surface area contributed by atoms with Crippen LogP contribution in [0.2, 0.25) is 0 Å². The predicted molar refractivity (Wildman–Crippen MR) is 137 cm³/mol. The van der Waals surface area contributed by atoms with Crippen LogP contribution < -0.4 is 14.2 Å². The number of hydrogen-bond acceptors (Lipinski definition) is 7. The monoisotopic (exact) mass is 489 g/mol. The van der Waals surface area contributed by atoms with E-state index >= 15 is 0 Å². The van der Waals surface area contributed by atoms with Crippen LogP contribution in [-0.2, 0) is 13.0 Å². The summed E-state index contributed by atoms with van der Waals surface area (Å²) in [4.78, 5) is 16.0. The number of carbonyl (C=O) groups excluding carboxylic acids is 1. The number of Topliss-reactive ketones (excluding diaryl/α,β-unsaturated/α-hetero) is 1. The summed E-state index contributed by atoms with van der Waals surface area (Å²) in [5.74, 6) is 1.97. The molecule has 1 atom stereocenters. The molecular formula is C27H31N5O4. The molecule has 9 heteroatoms. The van der Waals surface area contributed by atoms with Gasteiger partial charge in [0.2, 0.25) is 5.88 Å². The van der Waals surface area contributed by atoms with Crippen LogP contribution in [0.4, 0.5) is 0 Å². The lowest BCUT2D eigenvalue weighted by Gasteiger charge is -2.12. The minimum Gasteiger partial charge on any atom is -0.497 e. The van der Waals surface area contributed by atoms with Gasteiger partial charge in [0.25, 0.3) is 0 Å². The number of aromatic nitrogens is 4. The third kappa shape index (κ3) is 4.54. The van der Waals surface area contributed by atoms with Crippen molar-refractivity contribution in [1.82, 2.24) is 24.9 Å². The van der Waals surface area contributed by atoms with Crippen molar-refractivity contribution in [2.24, 2.45) is 5.92 Å². The first-order chi connectivity index (χ1) is 17.5. The molecule has 3 heterocycles. The van der Waals surface area contributed by atoms with Gasteiger partial charge >= 0.3 is 0 Å². The second-order valence-electron chi connectivity index (χ2n) is 9.30. The van der Waals surface area contributed by atoms with Crippen molar-refractivity contribution >= 4 is 16.7 Å². The second-order valence-corrected chi connectivity index (χ2v) is 9.30. The summed E-state index contributed by atoms with van der Waals surface area (Å²) < 4.78 is 18.7. The number of hydrogen-bond donors (Lipinski definition) is 1. The van der Waals surface area contributed by atoms with Crippen molar-refractivity contribution in [3.63, 3.8) is 0 Å². The average molecular weight is 490 g/mol. The Labute approximate surface area is 210 Å². The molecule has 0 radical (unpaired) electrons. The first-order valence-electron chi connectivity index (χ1n) is 12.1. The third-order valence-electron chi connectivity index (χ3n) is 6.69. The van der Waals surface area contributed by atoms with Gasteiger partial charge in [-0.1, -0.05) is 6.07 Å². The molecular weight excluding hydrogens is 458 g/mol. The molecule has 4 aromatic rings. The van der Waals surface area contributed by atoms with E-state index in [1.165, 1.54) is 0 Å². The molecule has 0 saturated carbocycles. The molecule has 9 nitrogen and oxygen atoms in total. The maximum absolute atomic E-state index is 13.9. The molecule has 2 aromatic heterocycles. The van der Waals surface area contributed by atoms with Crippen LogP contribution in [0.15, 0.2) is 42.6 Å². The minimum atomic E-state index is -0.229. The Morgan fingerprint density at radius 1 is 1.19 bits per heavy atom. The highest BCUT2D eigenvalue weighted by atomic mass is 16.5. The van der Waals surface area contributed by atoms with E-state index in [0.29, 0.717) is 37.6 Å². The first-order valence-corrected chi connectivity index (χ1v) is 12.1. The van der Waals surface area contributed by atoms with Crippen molar-refractivity contribution in [3.05, 3.63) is 53.9 Å². The zero-order valence-electron chi connectivity index (χ0n) is 21.1. The van der Waals surface area contributed by atoms with E-state index in [1.807, 2.05) is 49.1 Å². The van der Waals surface area contributed by atoms with Gasteiger partial charge in [0.1, 0.15) is 17.2 Å². The van der Waals surface area contributed by atoms with Gasteiger partial charge in [-0.3, -0.25) is 9.48 Å². The molecule has 0 saturated heterocycles. The molecule has 0 spiro atoms. The number of aromatic amines is 1. The van der Waals surface area contributed by atoms with Crippen LogP contribution in [0.1, 0.15) is 22.5 Å². The summed E-state index contributed by atoms with van der Waals surface area (Å²) in [6.07, 6.45) is 2.96. The number of ether oxygens (including phenoxy) is 3. The fourth-order valence-electron chi connectivity index (χ4n) is 4.70. The van der Waals surface area contributed by atoms with Gasteiger partial charge in [0.15, 0.2) is 5.78 Å². The van der Waals surface area contributed by atoms with Gasteiger partial charge in [-0.05, 0) is 68.4 Å². The summed E-state index contributed by atoms with van der Waals surface area (Å²) in [5, 5.41) is 12.7. The van der Waals surface area contributed by atoms with Crippen LogP contribution in [0, 0.1) is 5.92 Å². The second kappa shape index (κ2) is 10.0. The Balaban J connectivity index is 1.53. The third-order valence-corrected chi connectivity index (χ3v) is 6.69. The number of methoxy groups -OCH3 is 2. The Hall–Kier alpha value is -3.85. The van der Waals surface area contributed by atoms with E-state index < -0.39 is 0 Å². The normalized spacial score (nSPS) is 15.4. The van der Waals surface area contributed by atoms with Gasteiger partial charge < -0.3 is 19.1 Å². The van der Waals surface area contributed by atoms with E-state index in [0.717, 1.165) is 45.6 Å². The number of H-pyrrole nitrogens is 1. The number of nitrogens with zero attached hydrogens (tertiary/aromatic N) is 4. The van der Waals surface area contributed by atoms with E-state index in [2.05, 4.69) is 21.2 Å². The Morgan fingerprint density at radius 2 is 2.06 bits per heavy atom. The lowest BCUT2D eigenvalue weighted by molar-refractivity contribution is 0.0901. The molecule has 188 valence electrons. The van der Waals surface area contributed by atoms with E-state index in [4.69, 9.17) is 19.3 Å². The summed E-state index contributed by atoms with van der Waals surface area (Å²) in [6.45, 7) is 1.95. The minimum absolute atomic E-state index is 0.0384. The summed E-state index contributed by atoms with van der Waals surface area (Å²) >= 11 is 0. The molecule has 1 unspecified atom stereocenters. The predicted octanol–water partition coefficient (Wildman–Crippen LogP) is 3.83. The molecule has 1 N–H and O–H groups in total. The lowest BCUT2D eigenvalue weighted by Crippen LogP contribution is -2.21. The van der Waals surface area contributed by atoms with Crippen molar-refractivity contribution in [1.29, 1.82) is 0 Å². The highest BCUT2D eigenvalue weighted by Gasteiger charge is 2.29. The quantitative estimate of drug-likeness (QED) is 0.376. The number of rotatable bonds is 8. The summed E-state index contributed by atoms with van der Waals surface area (Å²) in [5.41, 5.74) is 4.20. The fraction of sp³-hybridized carbons (Fsp3) is 0.370. The lowest BCUT2D eigenvalue weighted by atomic mass is 9.90. The maximum Gasteiger partial charge on any atom is 0.216 e. The summed E-state index contributed by atoms with van der Waals surface area (Å²) in [7, 11) is 7.30. The molecule has 0 amide bonds. The first kappa shape index (κ1) is 23.9. The number of likely N-dealkylation sites (N-methyl/N-ethyl adjacent to an activating group) is 1. The molecule has 1 aliphatic heterocycles. The zero-order valence-corrected chi connectivity index (χ0v) is 21.1. The van der Waals surface area contributed by atoms with Gasteiger partial charge in [0.05, 0.1) is 44.6 Å². The smallest absolute Gasteiger partial charge is 0.216 e. The molecule has 5 rings (SSSR count).